The maximum absolute atomic E-state index is 11.6. The standard InChI is InChI=1S/C13H20N2O3S/c1-3-10(2)7-13(16)15-9-11-5-4-6-12(8-11)19(14,17)18/h4-6,8,10H,3,7,9H2,1-2H3,(H,15,16)(H2,14,17,18). The van der Waals surface area contributed by atoms with Crippen LogP contribution in [-0.2, 0) is 21.4 Å². The molecule has 0 spiro atoms. The number of nitrogens with two attached hydrogens (primary N) is 1. The number of carbonyl (C=O) groups is 1. The summed E-state index contributed by atoms with van der Waals surface area (Å²) in [5, 5.41) is 7.82. The lowest BCUT2D eigenvalue weighted by Gasteiger charge is -2.09. The van der Waals surface area contributed by atoms with Crippen molar-refractivity contribution in [2.24, 2.45) is 11.1 Å². The van der Waals surface area contributed by atoms with Gasteiger partial charge in [-0.1, -0.05) is 32.4 Å². The lowest BCUT2D eigenvalue weighted by Crippen LogP contribution is -2.24. The largest absolute Gasteiger partial charge is 0.352 e. The second-order valence-corrected chi connectivity index (χ2v) is 6.25. The van der Waals surface area contributed by atoms with Crippen LogP contribution in [0.2, 0.25) is 0 Å². The molecule has 0 bridgehead atoms. The minimum absolute atomic E-state index is 0.0321. The van der Waals surface area contributed by atoms with E-state index in [2.05, 4.69) is 5.32 Å². The Balaban J connectivity index is 2.62. The lowest BCUT2D eigenvalue weighted by molar-refractivity contribution is -0.122. The van der Waals surface area contributed by atoms with Gasteiger partial charge in [0.1, 0.15) is 0 Å². The van der Waals surface area contributed by atoms with Crippen molar-refractivity contribution in [3.05, 3.63) is 29.8 Å². The molecule has 0 aliphatic rings. The van der Waals surface area contributed by atoms with Crippen molar-refractivity contribution in [1.29, 1.82) is 0 Å². The number of hydrogen-bond donors (Lipinski definition) is 2. The summed E-state index contributed by atoms with van der Waals surface area (Å²) in [6, 6.07) is 6.26. The van der Waals surface area contributed by atoms with Gasteiger partial charge < -0.3 is 5.32 Å². The summed E-state index contributed by atoms with van der Waals surface area (Å²) in [5.74, 6) is 0.311. The molecule has 106 valence electrons. The van der Waals surface area contributed by atoms with Crippen LogP contribution in [-0.4, -0.2) is 14.3 Å². The second kappa shape index (κ2) is 6.68. The molecule has 0 aliphatic carbocycles. The van der Waals surface area contributed by atoms with Crippen molar-refractivity contribution in [1.82, 2.24) is 5.32 Å². The van der Waals surface area contributed by atoms with Crippen LogP contribution in [0.1, 0.15) is 32.3 Å². The Hall–Kier alpha value is -1.40. The fraction of sp³-hybridized carbons (Fsp3) is 0.462. The van der Waals surface area contributed by atoms with E-state index in [1.165, 1.54) is 12.1 Å². The van der Waals surface area contributed by atoms with Gasteiger partial charge in [-0.25, -0.2) is 13.6 Å². The zero-order valence-corrected chi connectivity index (χ0v) is 12.0. The van der Waals surface area contributed by atoms with Gasteiger partial charge in [0.15, 0.2) is 0 Å². The third-order valence-corrected chi connectivity index (χ3v) is 3.86. The summed E-state index contributed by atoms with van der Waals surface area (Å²) >= 11 is 0. The SMILES string of the molecule is CCC(C)CC(=O)NCc1cccc(S(N)(=O)=O)c1. The van der Waals surface area contributed by atoms with Crippen molar-refractivity contribution in [3.8, 4) is 0 Å². The zero-order valence-electron chi connectivity index (χ0n) is 11.2. The van der Waals surface area contributed by atoms with E-state index in [0.717, 1.165) is 6.42 Å². The average molecular weight is 284 g/mol. The first kappa shape index (κ1) is 15.7. The molecular weight excluding hydrogens is 264 g/mol. The Kier molecular flexibility index (Phi) is 5.50. The van der Waals surface area contributed by atoms with Crippen LogP contribution in [0.4, 0.5) is 0 Å². The monoisotopic (exact) mass is 284 g/mol. The van der Waals surface area contributed by atoms with Gasteiger partial charge in [-0.05, 0) is 23.6 Å². The van der Waals surface area contributed by atoms with Crippen LogP contribution in [0, 0.1) is 5.92 Å². The van der Waals surface area contributed by atoms with E-state index < -0.39 is 10.0 Å². The smallest absolute Gasteiger partial charge is 0.238 e. The fourth-order valence-electron chi connectivity index (χ4n) is 1.57. The number of primary sulfonamides is 1. The van der Waals surface area contributed by atoms with Gasteiger partial charge in [-0.15, -0.1) is 0 Å². The van der Waals surface area contributed by atoms with E-state index in [-0.39, 0.29) is 10.8 Å². The van der Waals surface area contributed by atoms with E-state index in [1.807, 2.05) is 13.8 Å². The Morgan fingerprint density at radius 2 is 2.11 bits per heavy atom. The molecular formula is C13H20N2O3S. The molecule has 0 saturated carbocycles. The van der Waals surface area contributed by atoms with E-state index in [9.17, 15) is 13.2 Å². The molecule has 1 amide bonds. The number of hydrogen-bond acceptors (Lipinski definition) is 3. The summed E-state index contributed by atoms with van der Waals surface area (Å²) in [4.78, 5) is 11.7. The minimum Gasteiger partial charge on any atom is -0.352 e. The summed E-state index contributed by atoms with van der Waals surface area (Å²) in [5.41, 5.74) is 0.712. The van der Waals surface area contributed by atoms with Gasteiger partial charge in [-0.2, -0.15) is 0 Å². The molecule has 1 unspecified atom stereocenters. The predicted octanol–water partition coefficient (Wildman–Crippen LogP) is 1.39. The molecule has 1 atom stereocenters. The average Bonchev–Trinajstić information content (AvgIpc) is 2.35. The van der Waals surface area contributed by atoms with Gasteiger partial charge in [0.05, 0.1) is 4.90 Å². The number of amides is 1. The van der Waals surface area contributed by atoms with E-state index >= 15 is 0 Å². The first-order valence-corrected chi connectivity index (χ1v) is 7.76. The first-order valence-electron chi connectivity index (χ1n) is 6.21. The van der Waals surface area contributed by atoms with Gasteiger partial charge >= 0.3 is 0 Å². The van der Waals surface area contributed by atoms with Gasteiger partial charge in [0, 0.05) is 13.0 Å². The number of nitrogens with one attached hydrogen (secondary N) is 1. The van der Waals surface area contributed by atoms with Gasteiger partial charge in [0.25, 0.3) is 0 Å². The molecule has 0 fully saturated rings. The van der Waals surface area contributed by atoms with Crippen molar-refractivity contribution >= 4 is 15.9 Å². The van der Waals surface area contributed by atoms with Crippen LogP contribution < -0.4 is 10.5 Å². The maximum Gasteiger partial charge on any atom is 0.238 e. The third-order valence-electron chi connectivity index (χ3n) is 2.95. The Morgan fingerprint density at radius 3 is 2.68 bits per heavy atom. The molecule has 1 rings (SSSR count). The van der Waals surface area contributed by atoms with Gasteiger partial charge in [0.2, 0.25) is 15.9 Å². The summed E-state index contributed by atoms with van der Waals surface area (Å²) in [6.45, 7) is 4.35. The zero-order chi connectivity index (χ0) is 14.5. The van der Waals surface area contributed by atoms with Crippen LogP contribution in [0.3, 0.4) is 0 Å². The second-order valence-electron chi connectivity index (χ2n) is 4.69. The van der Waals surface area contributed by atoms with Gasteiger partial charge in [-0.3, -0.25) is 4.79 Å². The maximum atomic E-state index is 11.6. The highest BCUT2D eigenvalue weighted by Crippen LogP contribution is 2.10. The molecule has 6 heteroatoms. The Morgan fingerprint density at radius 1 is 1.42 bits per heavy atom. The quantitative estimate of drug-likeness (QED) is 0.827. The molecule has 0 radical (unpaired) electrons. The molecule has 5 nitrogen and oxygen atoms in total. The molecule has 0 aromatic heterocycles. The topological polar surface area (TPSA) is 89.3 Å². The predicted molar refractivity (Wildman–Crippen MR) is 73.7 cm³/mol. The normalized spacial score (nSPS) is 13.0. The molecule has 0 saturated heterocycles. The van der Waals surface area contributed by atoms with Crippen LogP contribution in [0.25, 0.3) is 0 Å². The fourth-order valence-corrected chi connectivity index (χ4v) is 2.15. The Bertz CT molecular complexity index is 541. The molecule has 1 aromatic carbocycles. The van der Waals surface area contributed by atoms with Crippen LogP contribution >= 0.6 is 0 Å². The first-order chi connectivity index (χ1) is 8.82. The van der Waals surface area contributed by atoms with Crippen molar-refractivity contribution in [3.63, 3.8) is 0 Å². The number of rotatable bonds is 6. The minimum atomic E-state index is -3.70. The van der Waals surface area contributed by atoms with E-state index in [4.69, 9.17) is 5.14 Å². The van der Waals surface area contributed by atoms with Crippen LogP contribution in [0.15, 0.2) is 29.2 Å². The van der Waals surface area contributed by atoms with Crippen molar-refractivity contribution < 1.29 is 13.2 Å². The van der Waals surface area contributed by atoms with E-state index in [0.29, 0.717) is 24.4 Å². The molecule has 1 aromatic rings. The number of carbonyl (C=O) groups excluding carboxylic acids is 1. The van der Waals surface area contributed by atoms with Crippen LogP contribution in [0.5, 0.6) is 0 Å². The molecule has 0 heterocycles. The van der Waals surface area contributed by atoms with Crippen molar-refractivity contribution in [2.45, 2.75) is 38.1 Å². The highest BCUT2D eigenvalue weighted by atomic mass is 32.2. The highest BCUT2D eigenvalue weighted by molar-refractivity contribution is 7.89. The molecule has 3 N–H and O–H groups in total. The summed E-state index contributed by atoms with van der Waals surface area (Å²) < 4.78 is 22.4. The number of benzene rings is 1. The molecule has 19 heavy (non-hydrogen) atoms. The third kappa shape index (κ3) is 5.40. The molecule has 0 aliphatic heterocycles. The number of sulfonamides is 1. The summed E-state index contributed by atoms with van der Waals surface area (Å²) in [7, 11) is -3.70. The summed E-state index contributed by atoms with van der Waals surface area (Å²) in [6.07, 6.45) is 1.43. The highest BCUT2D eigenvalue weighted by Gasteiger charge is 2.09. The Labute approximate surface area is 114 Å². The van der Waals surface area contributed by atoms with Crippen molar-refractivity contribution in [2.75, 3.05) is 0 Å². The van der Waals surface area contributed by atoms with E-state index in [1.54, 1.807) is 12.1 Å². The lowest BCUT2D eigenvalue weighted by atomic mass is 10.1.